The van der Waals surface area contributed by atoms with Crippen molar-refractivity contribution in [2.75, 3.05) is 26.1 Å². The number of hydrogen-bond donors (Lipinski definition) is 3. The molecule has 0 spiro atoms. The van der Waals surface area contributed by atoms with E-state index >= 15 is 0 Å². The predicted molar refractivity (Wildman–Crippen MR) is 122 cm³/mol. The zero-order valence-electron chi connectivity index (χ0n) is 17.6. The molecule has 0 radical (unpaired) electrons. The van der Waals surface area contributed by atoms with Crippen LogP contribution in [0.2, 0.25) is 0 Å². The number of anilines is 1. The van der Waals surface area contributed by atoms with Gasteiger partial charge in [-0.3, -0.25) is 19.0 Å². The maximum Gasteiger partial charge on any atom is 0.262 e. The van der Waals surface area contributed by atoms with Crippen LogP contribution in [0.1, 0.15) is 32.7 Å². The summed E-state index contributed by atoms with van der Waals surface area (Å²) < 4.78 is 6.80. The quantitative estimate of drug-likeness (QED) is 0.387. The summed E-state index contributed by atoms with van der Waals surface area (Å²) in [7, 11) is 3.14. The summed E-state index contributed by atoms with van der Waals surface area (Å²) in [6.45, 7) is 2.76. The van der Waals surface area contributed by atoms with Gasteiger partial charge in [-0.2, -0.15) is 0 Å². The number of aromatic nitrogens is 2. The van der Waals surface area contributed by atoms with Gasteiger partial charge in [0, 0.05) is 32.9 Å². The van der Waals surface area contributed by atoms with E-state index in [2.05, 4.69) is 15.6 Å². The normalized spacial score (nSPS) is 10.8. The maximum atomic E-state index is 12.9. The van der Waals surface area contributed by atoms with Gasteiger partial charge >= 0.3 is 0 Å². The highest BCUT2D eigenvalue weighted by molar-refractivity contribution is 7.71. The number of carbonyl (C=O) groups is 2. The van der Waals surface area contributed by atoms with Crippen LogP contribution in [0.4, 0.5) is 5.69 Å². The molecule has 1 heterocycles. The molecule has 0 bridgehead atoms. The second-order valence-electron chi connectivity index (χ2n) is 7.02. The van der Waals surface area contributed by atoms with Crippen LogP contribution in [-0.2, 0) is 11.3 Å². The SMILES string of the molecule is CNC(=O)c1c(C)cccc1NC(=O)c1ccc2c(=O)n(CCCOC)c(=S)[nH]c2c1. The molecule has 0 saturated heterocycles. The lowest BCUT2D eigenvalue weighted by atomic mass is 10.0. The van der Waals surface area contributed by atoms with Crippen molar-refractivity contribution in [1.82, 2.24) is 14.9 Å². The Morgan fingerprint density at radius 3 is 2.68 bits per heavy atom. The Hall–Kier alpha value is -3.30. The summed E-state index contributed by atoms with van der Waals surface area (Å²) in [5.74, 6) is -0.689. The molecule has 0 unspecified atom stereocenters. The van der Waals surface area contributed by atoms with Crippen molar-refractivity contribution in [1.29, 1.82) is 0 Å². The lowest BCUT2D eigenvalue weighted by molar-refractivity contribution is 0.0963. The topological polar surface area (TPSA) is 105 Å². The molecule has 3 aromatic rings. The molecule has 2 aromatic carbocycles. The fourth-order valence-electron chi connectivity index (χ4n) is 3.36. The lowest BCUT2D eigenvalue weighted by Crippen LogP contribution is -2.24. The van der Waals surface area contributed by atoms with Gasteiger partial charge in [0.05, 0.1) is 22.2 Å². The fourth-order valence-corrected chi connectivity index (χ4v) is 3.64. The van der Waals surface area contributed by atoms with E-state index in [1.165, 1.54) is 11.6 Å². The van der Waals surface area contributed by atoms with Crippen molar-refractivity contribution in [2.45, 2.75) is 19.9 Å². The number of nitrogens with zero attached hydrogens (tertiary/aromatic N) is 1. The van der Waals surface area contributed by atoms with Gasteiger partial charge in [-0.1, -0.05) is 12.1 Å². The maximum absolute atomic E-state index is 12.9. The van der Waals surface area contributed by atoms with Gasteiger partial charge in [0.2, 0.25) is 0 Å². The third-order valence-electron chi connectivity index (χ3n) is 4.95. The second kappa shape index (κ2) is 9.67. The molecule has 31 heavy (non-hydrogen) atoms. The molecule has 162 valence electrons. The van der Waals surface area contributed by atoms with Crippen molar-refractivity contribution in [3.8, 4) is 0 Å². The molecule has 0 aliphatic heterocycles. The predicted octanol–water partition coefficient (Wildman–Crippen LogP) is 3.02. The van der Waals surface area contributed by atoms with Crippen LogP contribution in [0, 0.1) is 11.7 Å². The number of aromatic amines is 1. The number of fused-ring (bicyclic) bond motifs is 1. The summed E-state index contributed by atoms with van der Waals surface area (Å²) in [5, 5.41) is 5.80. The number of nitrogens with one attached hydrogen (secondary N) is 3. The minimum absolute atomic E-state index is 0.220. The van der Waals surface area contributed by atoms with Crippen molar-refractivity contribution >= 4 is 40.6 Å². The molecular formula is C22H24N4O4S. The van der Waals surface area contributed by atoms with Crippen LogP contribution >= 0.6 is 12.2 Å². The zero-order valence-corrected chi connectivity index (χ0v) is 18.4. The van der Waals surface area contributed by atoms with E-state index in [1.54, 1.807) is 50.4 Å². The molecule has 0 aliphatic carbocycles. The molecule has 0 saturated carbocycles. The van der Waals surface area contributed by atoms with Crippen LogP contribution in [0.3, 0.4) is 0 Å². The standard InChI is InChI=1S/C22H24N4O4S/c1-13-6-4-7-16(18(13)20(28)23-2)24-19(27)14-8-9-15-17(12-14)25-22(31)26(21(15)29)10-5-11-30-3/h4,6-9,12H,5,10-11H2,1-3H3,(H,23,28)(H,24,27)(H,25,31). The van der Waals surface area contributed by atoms with Crippen molar-refractivity contribution < 1.29 is 14.3 Å². The first-order chi connectivity index (χ1) is 14.9. The fraction of sp³-hybridized carbons (Fsp3) is 0.273. The monoisotopic (exact) mass is 440 g/mol. The Labute approximate surface area is 184 Å². The van der Waals surface area contributed by atoms with E-state index in [4.69, 9.17) is 17.0 Å². The van der Waals surface area contributed by atoms with E-state index in [-0.39, 0.29) is 16.2 Å². The van der Waals surface area contributed by atoms with E-state index < -0.39 is 5.91 Å². The van der Waals surface area contributed by atoms with E-state index in [1.807, 2.05) is 0 Å². The number of benzene rings is 2. The average Bonchev–Trinajstić information content (AvgIpc) is 2.75. The molecule has 0 atom stereocenters. The number of rotatable bonds is 7. The van der Waals surface area contributed by atoms with Crippen LogP contribution in [0.25, 0.3) is 10.9 Å². The number of amides is 2. The summed E-state index contributed by atoms with van der Waals surface area (Å²) >= 11 is 5.33. The summed E-state index contributed by atoms with van der Waals surface area (Å²) in [6, 6.07) is 9.99. The van der Waals surface area contributed by atoms with Gasteiger partial charge in [0.1, 0.15) is 0 Å². The van der Waals surface area contributed by atoms with Crippen molar-refractivity contribution in [3.05, 3.63) is 68.2 Å². The first kappa shape index (κ1) is 22.4. The molecule has 0 aliphatic rings. The highest BCUT2D eigenvalue weighted by Crippen LogP contribution is 2.21. The highest BCUT2D eigenvalue weighted by Gasteiger charge is 2.16. The highest BCUT2D eigenvalue weighted by atomic mass is 32.1. The summed E-state index contributed by atoms with van der Waals surface area (Å²) in [5.41, 5.74) is 2.14. The molecule has 1 aromatic heterocycles. The van der Waals surface area contributed by atoms with Crippen molar-refractivity contribution in [3.63, 3.8) is 0 Å². The van der Waals surface area contributed by atoms with Gasteiger partial charge in [0.25, 0.3) is 17.4 Å². The minimum Gasteiger partial charge on any atom is -0.385 e. The number of methoxy groups -OCH3 is 1. The Bertz CT molecular complexity index is 1260. The number of aryl methyl sites for hydroxylation is 1. The Morgan fingerprint density at radius 1 is 1.19 bits per heavy atom. The Kier molecular flexibility index (Phi) is 6.98. The van der Waals surface area contributed by atoms with E-state index in [0.29, 0.717) is 47.3 Å². The first-order valence-electron chi connectivity index (χ1n) is 9.76. The van der Waals surface area contributed by atoms with Gasteiger partial charge in [-0.15, -0.1) is 0 Å². The van der Waals surface area contributed by atoms with Gasteiger partial charge < -0.3 is 20.4 Å². The second-order valence-corrected chi connectivity index (χ2v) is 7.41. The van der Waals surface area contributed by atoms with Gasteiger partial charge in [0.15, 0.2) is 4.77 Å². The molecule has 2 amide bonds. The number of H-pyrrole nitrogens is 1. The van der Waals surface area contributed by atoms with Crippen LogP contribution in [-0.4, -0.2) is 42.1 Å². The van der Waals surface area contributed by atoms with Crippen LogP contribution in [0.5, 0.6) is 0 Å². The van der Waals surface area contributed by atoms with Crippen LogP contribution < -0.4 is 16.2 Å². The molecular weight excluding hydrogens is 416 g/mol. The summed E-state index contributed by atoms with van der Waals surface area (Å²) in [4.78, 5) is 40.9. The Morgan fingerprint density at radius 2 is 1.97 bits per heavy atom. The number of carbonyl (C=O) groups excluding carboxylic acids is 2. The molecule has 3 rings (SSSR count). The van der Waals surface area contributed by atoms with Crippen LogP contribution in [0.15, 0.2) is 41.2 Å². The Balaban J connectivity index is 1.94. The van der Waals surface area contributed by atoms with E-state index in [9.17, 15) is 14.4 Å². The smallest absolute Gasteiger partial charge is 0.262 e. The minimum atomic E-state index is -0.402. The number of hydrogen-bond acceptors (Lipinski definition) is 5. The third kappa shape index (κ3) is 4.73. The largest absolute Gasteiger partial charge is 0.385 e. The first-order valence-corrected chi connectivity index (χ1v) is 10.2. The third-order valence-corrected chi connectivity index (χ3v) is 5.27. The number of ether oxygens (including phenoxy) is 1. The van der Waals surface area contributed by atoms with E-state index in [0.717, 1.165) is 5.56 Å². The zero-order chi connectivity index (χ0) is 22.5. The molecule has 8 nitrogen and oxygen atoms in total. The molecule has 0 fully saturated rings. The molecule has 3 N–H and O–H groups in total. The molecule has 9 heteroatoms. The summed E-state index contributed by atoms with van der Waals surface area (Å²) in [6.07, 6.45) is 0.657. The lowest BCUT2D eigenvalue weighted by Gasteiger charge is -2.13. The van der Waals surface area contributed by atoms with Crippen molar-refractivity contribution in [2.24, 2.45) is 0 Å². The average molecular weight is 441 g/mol. The van der Waals surface area contributed by atoms with Gasteiger partial charge in [-0.05, 0) is 55.4 Å². The van der Waals surface area contributed by atoms with Gasteiger partial charge in [-0.25, -0.2) is 0 Å².